The summed E-state index contributed by atoms with van der Waals surface area (Å²) in [6.07, 6.45) is 0. The molecular weight excluding hydrogens is 256 g/mol. The molecule has 0 saturated carbocycles. The van der Waals surface area contributed by atoms with Gasteiger partial charge in [-0.15, -0.1) is 0 Å². The fraction of sp³-hybridized carbons (Fsp3) is 0.333. The van der Waals surface area contributed by atoms with Crippen LogP contribution in [0.15, 0.2) is 34.7 Å². The van der Waals surface area contributed by atoms with E-state index in [0.717, 1.165) is 35.8 Å². The second kappa shape index (κ2) is 5.97. The van der Waals surface area contributed by atoms with Gasteiger partial charge in [-0.05, 0) is 33.0 Å². The quantitative estimate of drug-likeness (QED) is 0.780. The Labute approximate surface area is 118 Å². The van der Waals surface area contributed by atoms with Gasteiger partial charge in [0.1, 0.15) is 11.6 Å². The van der Waals surface area contributed by atoms with E-state index >= 15 is 0 Å². The Kier molecular flexibility index (Phi) is 4.32. The Morgan fingerprint density at radius 2 is 1.79 bits per heavy atom. The first kappa shape index (κ1) is 13.7. The predicted octanol–water partition coefficient (Wildman–Crippen LogP) is 4.23. The minimum Gasteiger partial charge on any atom is -0.429 e. The van der Waals surface area contributed by atoms with Crippen LogP contribution in [0, 0.1) is 11.8 Å². The van der Waals surface area contributed by atoms with Crippen LogP contribution in [0.2, 0.25) is 0 Å². The lowest BCUT2D eigenvalue weighted by atomic mass is 10.1. The molecule has 2 rings (SSSR count). The summed E-state index contributed by atoms with van der Waals surface area (Å²) in [5.41, 5.74) is 2.06. The normalized spacial score (nSPS) is 10.5. The maximum Gasteiger partial charge on any atom is 0.290 e. The third kappa shape index (κ3) is 2.84. The van der Waals surface area contributed by atoms with Crippen molar-refractivity contribution < 1.29 is 4.42 Å². The summed E-state index contributed by atoms with van der Waals surface area (Å²) in [6.45, 7) is 8.05. The van der Waals surface area contributed by atoms with Gasteiger partial charge in [-0.1, -0.05) is 30.3 Å². The van der Waals surface area contributed by atoms with E-state index in [2.05, 4.69) is 23.7 Å². The van der Waals surface area contributed by atoms with E-state index in [9.17, 15) is 0 Å². The Hall–Kier alpha value is -1.68. The van der Waals surface area contributed by atoms with Crippen molar-refractivity contribution in [1.82, 2.24) is 4.98 Å². The van der Waals surface area contributed by atoms with Crippen LogP contribution in [0.4, 0.5) is 5.82 Å². The SMILES string of the molecule is CCN(CC)c1nc(=S)oc(-c2ccccc2)c1C. The Morgan fingerprint density at radius 3 is 2.37 bits per heavy atom. The zero-order valence-corrected chi connectivity index (χ0v) is 12.3. The average Bonchev–Trinajstić information content (AvgIpc) is 2.44. The number of hydrogen-bond donors (Lipinski definition) is 0. The molecule has 3 nitrogen and oxygen atoms in total. The van der Waals surface area contributed by atoms with Crippen molar-refractivity contribution in [2.75, 3.05) is 18.0 Å². The Bertz CT molecular complexity index is 603. The molecule has 0 atom stereocenters. The highest BCUT2D eigenvalue weighted by molar-refractivity contribution is 7.71. The molecule has 100 valence electrons. The monoisotopic (exact) mass is 274 g/mol. The average molecular weight is 274 g/mol. The van der Waals surface area contributed by atoms with E-state index in [1.54, 1.807) is 0 Å². The van der Waals surface area contributed by atoms with Gasteiger partial charge in [0.25, 0.3) is 4.84 Å². The third-order valence-electron chi connectivity index (χ3n) is 3.16. The standard InChI is InChI=1S/C15H18N2OS/c1-4-17(5-2)14-11(3)13(18-15(19)16-14)12-9-7-6-8-10-12/h6-10H,4-5H2,1-3H3. The van der Waals surface area contributed by atoms with Gasteiger partial charge in [0.05, 0.1) is 0 Å². The molecule has 0 bridgehead atoms. The van der Waals surface area contributed by atoms with E-state index in [1.165, 1.54) is 0 Å². The zero-order valence-electron chi connectivity index (χ0n) is 11.5. The van der Waals surface area contributed by atoms with Crippen molar-refractivity contribution >= 4 is 18.0 Å². The van der Waals surface area contributed by atoms with Crippen molar-refractivity contribution in [2.45, 2.75) is 20.8 Å². The highest BCUT2D eigenvalue weighted by Gasteiger charge is 2.14. The van der Waals surface area contributed by atoms with Crippen molar-refractivity contribution in [3.8, 4) is 11.3 Å². The summed E-state index contributed by atoms with van der Waals surface area (Å²) in [7, 11) is 0. The second-order valence-electron chi connectivity index (χ2n) is 4.30. The fourth-order valence-electron chi connectivity index (χ4n) is 2.15. The van der Waals surface area contributed by atoms with Gasteiger partial charge in [0.15, 0.2) is 0 Å². The molecule has 0 radical (unpaired) electrons. The minimum atomic E-state index is 0.284. The first-order valence-electron chi connectivity index (χ1n) is 6.49. The first-order valence-corrected chi connectivity index (χ1v) is 6.90. The maximum absolute atomic E-state index is 5.65. The van der Waals surface area contributed by atoms with Crippen LogP contribution in [0.3, 0.4) is 0 Å². The van der Waals surface area contributed by atoms with Crippen LogP contribution in [-0.4, -0.2) is 18.1 Å². The van der Waals surface area contributed by atoms with E-state index in [-0.39, 0.29) is 4.84 Å². The molecular formula is C15H18N2OS. The predicted molar refractivity (Wildman–Crippen MR) is 81.1 cm³/mol. The van der Waals surface area contributed by atoms with Crippen LogP contribution in [0.25, 0.3) is 11.3 Å². The number of benzene rings is 1. The number of nitrogens with zero attached hydrogens (tertiary/aromatic N) is 2. The van der Waals surface area contributed by atoms with E-state index < -0.39 is 0 Å². The van der Waals surface area contributed by atoms with E-state index in [4.69, 9.17) is 16.6 Å². The van der Waals surface area contributed by atoms with Gasteiger partial charge < -0.3 is 9.32 Å². The van der Waals surface area contributed by atoms with Crippen LogP contribution in [0.1, 0.15) is 19.4 Å². The maximum atomic E-state index is 5.65. The summed E-state index contributed by atoms with van der Waals surface area (Å²) >= 11 is 5.16. The third-order valence-corrected chi connectivity index (χ3v) is 3.34. The molecule has 0 saturated heterocycles. The van der Waals surface area contributed by atoms with Gasteiger partial charge >= 0.3 is 0 Å². The molecule has 1 heterocycles. The van der Waals surface area contributed by atoms with Crippen molar-refractivity contribution in [2.24, 2.45) is 0 Å². The van der Waals surface area contributed by atoms with Crippen LogP contribution in [-0.2, 0) is 0 Å². The second-order valence-corrected chi connectivity index (χ2v) is 4.65. The van der Waals surface area contributed by atoms with Crippen molar-refractivity contribution in [3.05, 3.63) is 40.7 Å². The summed E-state index contributed by atoms with van der Waals surface area (Å²) in [5.74, 6) is 1.72. The topological polar surface area (TPSA) is 29.3 Å². The minimum absolute atomic E-state index is 0.284. The molecule has 1 aromatic heterocycles. The number of anilines is 1. The summed E-state index contributed by atoms with van der Waals surface area (Å²) in [6, 6.07) is 10.0. The summed E-state index contributed by atoms with van der Waals surface area (Å²) in [5, 5.41) is 0. The van der Waals surface area contributed by atoms with Gasteiger partial charge in [-0.2, -0.15) is 4.98 Å². The van der Waals surface area contributed by atoms with Gasteiger partial charge in [-0.3, -0.25) is 0 Å². The number of rotatable bonds is 4. The highest BCUT2D eigenvalue weighted by atomic mass is 32.1. The molecule has 19 heavy (non-hydrogen) atoms. The number of aromatic nitrogens is 1. The Balaban J connectivity index is 2.61. The highest BCUT2D eigenvalue weighted by Crippen LogP contribution is 2.29. The van der Waals surface area contributed by atoms with Gasteiger partial charge in [0, 0.05) is 24.2 Å². The van der Waals surface area contributed by atoms with Gasteiger partial charge in [0.2, 0.25) is 0 Å². The largest absolute Gasteiger partial charge is 0.429 e. The summed E-state index contributed by atoms with van der Waals surface area (Å²) in [4.78, 5) is 6.85. The molecule has 4 heteroatoms. The molecule has 0 spiro atoms. The molecule has 0 N–H and O–H groups in total. The lowest BCUT2D eigenvalue weighted by Gasteiger charge is -2.22. The van der Waals surface area contributed by atoms with Crippen LogP contribution >= 0.6 is 12.2 Å². The fourth-order valence-corrected chi connectivity index (χ4v) is 2.32. The summed E-state index contributed by atoms with van der Waals surface area (Å²) < 4.78 is 5.65. The van der Waals surface area contributed by atoms with E-state index in [1.807, 2.05) is 37.3 Å². The molecule has 2 aromatic rings. The van der Waals surface area contributed by atoms with E-state index in [0.29, 0.717) is 0 Å². The lowest BCUT2D eigenvalue weighted by Crippen LogP contribution is -2.24. The zero-order chi connectivity index (χ0) is 13.8. The molecule has 1 aromatic carbocycles. The molecule has 0 aliphatic carbocycles. The van der Waals surface area contributed by atoms with Gasteiger partial charge in [-0.25, -0.2) is 0 Å². The number of hydrogen-bond acceptors (Lipinski definition) is 4. The molecule has 0 aliphatic rings. The lowest BCUT2D eigenvalue weighted by molar-refractivity contribution is 0.519. The smallest absolute Gasteiger partial charge is 0.290 e. The molecule has 0 amide bonds. The first-order chi connectivity index (χ1) is 9.17. The molecule has 0 fully saturated rings. The van der Waals surface area contributed by atoms with Crippen molar-refractivity contribution in [3.63, 3.8) is 0 Å². The van der Waals surface area contributed by atoms with Crippen LogP contribution in [0.5, 0.6) is 0 Å². The van der Waals surface area contributed by atoms with Crippen LogP contribution < -0.4 is 4.90 Å². The molecule has 0 aliphatic heterocycles. The molecule has 0 unspecified atom stereocenters. The Morgan fingerprint density at radius 1 is 1.16 bits per heavy atom. The van der Waals surface area contributed by atoms with Crippen molar-refractivity contribution in [1.29, 1.82) is 0 Å².